The van der Waals surface area contributed by atoms with E-state index in [1.807, 2.05) is 34.3 Å². The number of aromatic nitrogens is 2. The van der Waals surface area contributed by atoms with E-state index in [-0.39, 0.29) is 0 Å². The number of hydrogen-bond acceptors (Lipinski definition) is 4. The highest BCUT2D eigenvalue weighted by atomic mass is 32.1. The van der Waals surface area contributed by atoms with Gasteiger partial charge in [-0.1, -0.05) is 12.1 Å². The van der Waals surface area contributed by atoms with Crippen molar-refractivity contribution in [3.8, 4) is 11.3 Å². The van der Waals surface area contributed by atoms with Crippen LogP contribution in [-0.4, -0.2) is 27.0 Å². The number of aliphatic hydroxyl groups is 1. The molecule has 5 nitrogen and oxygen atoms in total. The maximum Gasteiger partial charge on any atom is 0.250 e. The molecule has 2 N–H and O–H groups in total. The molecule has 2 aromatic heterocycles. The molecule has 0 bridgehead atoms. The molecule has 0 saturated carbocycles. The average molecular weight is 273 g/mol. The number of thiazole rings is 1. The van der Waals surface area contributed by atoms with Gasteiger partial charge in [-0.25, -0.2) is 4.98 Å². The quantitative estimate of drug-likeness (QED) is 0.767. The van der Waals surface area contributed by atoms with Crippen molar-refractivity contribution >= 4 is 27.9 Å². The normalized spacial score (nSPS) is 10.8. The van der Waals surface area contributed by atoms with Gasteiger partial charge in [0.05, 0.1) is 5.69 Å². The Labute approximate surface area is 113 Å². The number of nitrogens with one attached hydrogen (secondary N) is 1. The fourth-order valence-electron chi connectivity index (χ4n) is 1.79. The molecule has 0 fully saturated rings. The van der Waals surface area contributed by atoms with Gasteiger partial charge in [-0.3, -0.25) is 9.20 Å². The first-order chi connectivity index (χ1) is 9.26. The van der Waals surface area contributed by atoms with Crippen molar-refractivity contribution in [1.29, 1.82) is 0 Å². The fraction of sp³-hybridized carbons (Fsp3) is 0.0769. The van der Waals surface area contributed by atoms with E-state index in [9.17, 15) is 4.79 Å². The van der Waals surface area contributed by atoms with Crippen molar-refractivity contribution in [1.82, 2.24) is 9.38 Å². The summed E-state index contributed by atoms with van der Waals surface area (Å²) in [5, 5.41) is 13.2. The third-order valence-corrected chi connectivity index (χ3v) is 3.47. The maximum atomic E-state index is 11.0. The molecule has 0 unspecified atom stereocenters. The summed E-state index contributed by atoms with van der Waals surface area (Å²) in [6.45, 7) is -0.515. The van der Waals surface area contributed by atoms with Crippen molar-refractivity contribution in [2.75, 3.05) is 11.9 Å². The van der Waals surface area contributed by atoms with Crippen LogP contribution in [0.15, 0.2) is 42.0 Å². The Morgan fingerprint density at radius 1 is 1.37 bits per heavy atom. The molecular weight excluding hydrogens is 262 g/mol. The fourth-order valence-corrected chi connectivity index (χ4v) is 2.49. The Bertz CT molecular complexity index is 686. The molecule has 19 heavy (non-hydrogen) atoms. The Hall–Kier alpha value is -2.18. The number of rotatable bonds is 3. The van der Waals surface area contributed by atoms with E-state index in [1.165, 1.54) is 0 Å². The van der Waals surface area contributed by atoms with Crippen molar-refractivity contribution in [3.05, 3.63) is 42.0 Å². The summed E-state index contributed by atoms with van der Waals surface area (Å²) < 4.78 is 1.97. The van der Waals surface area contributed by atoms with Crippen molar-refractivity contribution in [2.45, 2.75) is 0 Å². The van der Waals surface area contributed by atoms with Gasteiger partial charge in [-0.15, -0.1) is 11.3 Å². The number of nitrogens with zero attached hydrogens (tertiary/aromatic N) is 2. The van der Waals surface area contributed by atoms with E-state index >= 15 is 0 Å². The van der Waals surface area contributed by atoms with Crippen LogP contribution in [-0.2, 0) is 4.79 Å². The molecule has 0 spiro atoms. The molecule has 0 aliphatic carbocycles. The predicted octanol–water partition coefficient (Wildman–Crippen LogP) is 1.99. The van der Waals surface area contributed by atoms with Crippen LogP contribution in [0, 0.1) is 0 Å². The number of fused-ring (bicyclic) bond motifs is 1. The van der Waals surface area contributed by atoms with Crippen LogP contribution in [0.25, 0.3) is 16.2 Å². The highest BCUT2D eigenvalue weighted by Crippen LogP contribution is 2.22. The van der Waals surface area contributed by atoms with E-state index in [0.717, 1.165) is 16.2 Å². The molecule has 0 radical (unpaired) electrons. The lowest BCUT2D eigenvalue weighted by atomic mass is 10.1. The number of hydrogen-bond donors (Lipinski definition) is 2. The second kappa shape index (κ2) is 4.83. The topological polar surface area (TPSA) is 66.6 Å². The summed E-state index contributed by atoms with van der Waals surface area (Å²) in [7, 11) is 0. The second-order valence-electron chi connectivity index (χ2n) is 4.00. The van der Waals surface area contributed by atoms with Crippen LogP contribution in [0.5, 0.6) is 0 Å². The van der Waals surface area contributed by atoms with Crippen LogP contribution < -0.4 is 5.32 Å². The van der Waals surface area contributed by atoms with Crippen molar-refractivity contribution < 1.29 is 9.90 Å². The average Bonchev–Trinajstić information content (AvgIpc) is 3.00. The lowest BCUT2D eigenvalue weighted by Crippen LogP contribution is -2.15. The number of anilines is 1. The van der Waals surface area contributed by atoms with Crippen LogP contribution in [0.1, 0.15) is 0 Å². The van der Waals surface area contributed by atoms with Gasteiger partial charge in [0, 0.05) is 29.0 Å². The molecule has 1 aromatic carbocycles. The first kappa shape index (κ1) is 11.9. The zero-order chi connectivity index (χ0) is 13.2. The molecule has 0 aliphatic rings. The predicted molar refractivity (Wildman–Crippen MR) is 74.2 cm³/mol. The molecule has 2 heterocycles. The number of benzene rings is 1. The van der Waals surface area contributed by atoms with Gasteiger partial charge < -0.3 is 10.4 Å². The molecule has 0 saturated heterocycles. The molecule has 3 rings (SSSR count). The third-order valence-electron chi connectivity index (χ3n) is 2.70. The largest absolute Gasteiger partial charge is 0.387 e. The van der Waals surface area contributed by atoms with Gasteiger partial charge in [-0.05, 0) is 12.1 Å². The summed E-state index contributed by atoms with van der Waals surface area (Å²) in [5.41, 5.74) is 2.54. The third kappa shape index (κ3) is 2.35. The molecule has 0 aliphatic heterocycles. The van der Waals surface area contributed by atoms with Crippen LogP contribution in [0.2, 0.25) is 0 Å². The van der Waals surface area contributed by atoms with Crippen molar-refractivity contribution in [3.63, 3.8) is 0 Å². The SMILES string of the molecule is O=C(CO)Nc1ccc(-c2cn3ccsc3n2)cc1. The van der Waals surface area contributed by atoms with E-state index in [0.29, 0.717) is 5.69 Å². The molecule has 1 amide bonds. The molecular formula is C13H11N3O2S. The van der Waals surface area contributed by atoms with Gasteiger partial charge >= 0.3 is 0 Å². The molecule has 6 heteroatoms. The summed E-state index contributed by atoms with van der Waals surface area (Å²) in [5.74, 6) is -0.421. The number of aliphatic hydroxyl groups excluding tert-OH is 1. The summed E-state index contributed by atoms with van der Waals surface area (Å²) in [4.78, 5) is 16.5. The lowest BCUT2D eigenvalue weighted by Gasteiger charge is -2.03. The Balaban J connectivity index is 1.85. The minimum absolute atomic E-state index is 0.421. The highest BCUT2D eigenvalue weighted by molar-refractivity contribution is 7.15. The molecule has 3 aromatic rings. The van der Waals surface area contributed by atoms with E-state index < -0.39 is 12.5 Å². The van der Waals surface area contributed by atoms with Gasteiger partial charge in [0.1, 0.15) is 6.61 Å². The number of imidazole rings is 1. The van der Waals surface area contributed by atoms with Gasteiger partial charge in [0.25, 0.3) is 0 Å². The smallest absolute Gasteiger partial charge is 0.250 e. The lowest BCUT2D eigenvalue weighted by molar-refractivity contribution is -0.118. The van der Waals surface area contributed by atoms with E-state index in [2.05, 4.69) is 10.3 Å². The molecule has 0 atom stereocenters. The monoisotopic (exact) mass is 273 g/mol. The summed E-state index contributed by atoms with van der Waals surface area (Å²) in [6.07, 6.45) is 3.93. The van der Waals surface area contributed by atoms with E-state index in [1.54, 1.807) is 23.5 Å². The zero-order valence-corrected chi connectivity index (χ0v) is 10.7. The van der Waals surface area contributed by atoms with Crippen LogP contribution >= 0.6 is 11.3 Å². The van der Waals surface area contributed by atoms with Crippen molar-refractivity contribution in [2.24, 2.45) is 0 Å². The Morgan fingerprint density at radius 3 is 2.84 bits per heavy atom. The zero-order valence-electron chi connectivity index (χ0n) is 9.91. The first-order valence-corrected chi connectivity index (χ1v) is 6.57. The summed E-state index contributed by atoms with van der Waals surface area (Å²) in [6, 6.07) is 7.35. The Kier molecular flexibility index (Phi) is 3.02. The first-order valence-electron chi connectivity index (χ1n) is 5.69. The standard InChI is InChI=1S/C13H11N3O2S/c17-8-12(18)14-10-3-1-9(2-4-10)11-7-16-5-6-19-13(16)15-11/h1-7,17H,8H2,(H,14,18). The minimum atomic E-state index is -0.515. The number of amides is 1. The maximum absolute atomic E-state index is 11.0. The summed E-state index contributed by atoms with van der Waals surface area (Å²) >= 11 is 1.58. The number of carbonyl (C=O) groups excluding carboxylic acids is 1. The van der Waals surface area contributed by atoms with Gasteiger partial charge in [-0.2, -0.15) is 0 Å². The van der Waals surface area contributed by atoms with E-state index in [4.69, 9.17) is 5.11 Å². The minimum Gasteiger partial charge on any atom is -0.387 e. The highest BCUT2D eigenvalue weighted by Gasteiger charge is 2.05. The Morgan fingerprint density at radius 2 is 2.16 bits per heavy atom. The van der Waals surface area contributed by atoms with Gasteiger partial charge in [0.2, 0.25) is 5.91 Å². The van der Waals surface area contributed by atoms with Crippen LogP contribution in [0.3, 0.4) is 0 Å². The van der Waals surface area contributed by atoms with Crippen LogP contribution in [0.4, 0.5) is 5.69 Å². The second-order valence-corrected chi connectivity index (χ2v) is 4.88. The molecule has 96 valence electrons. The van der Waals surface area contributed by atoms with Gasteiger partial charge in [0.15, 0.2) is 4.96 Å². The number of carbonyl (C=O) groups is 1.